The van der Waals surface area contributed by atoms with E-state index in [1.54, 1.807) is 0 Å². The fourth-order valence-corrected chi connectivity index (χ4v) is 1.65. The van der Waals surface area contributed by atoms with Gasteiger partial charge in [-0.2, -0.15) is 13.2 Å². The van der Waals surface area contributed by atoms with Crippen LogP contribution in [0.2, 0.25) is 0 Å². The number of Topliss-reactive ketones (excluding diaryl/α,β-unsaturated/α-hetero) is 1. The van der Waals surface area contributed by atoms with Crippen molar-refractivity contribution in [3.63, 3.8) is 0 Å². The summed E-state index contributed by atoms with van der Waals surface area (Å²) in [5, 5.41) is 0. The molecule has 0 N–H and O–H groups in total. The van der Waals surface area contributed by atoms with Crippen LogP contribution >= 0.6 is 11.6 Å². The lowest BCUT2D eigenvalue weighted by molar-refractivity contribution is -0.137. The molecular formula is C12H12ClF3O. The summed E-state index contributed by atoms with van der Waals surface area (Å²) in [6, 6.07) is 3.16. The van der Waals surface area contributed by atoms with E-state index in [4.69, 9.17) is 11.6 Å². The molecule has 0 aliphatic heterocycles. The molecule has 0 radical (unpaired) electrons. The second-order valence-corrected chi connectivity index (χ2v) is 4.12. The van der Waals surface area contributed by atoms with Gasteiger partial charge in [-0.15, -0.1) is 11.6 Å². The van der Waals surface area contributed by atoms with Gasteiger partial charge in [0.2, 0.25) is 0 Å². The van der Waals surface area contributed by atoms with Gasteiger partial charge in [0, 0.05) is 17.9 Å². The summed E-state index contributed by atoms with van der Waals surface area (Å²) in [6.07, 6.45) is -3.58. The third kappa shape index (κ3) is 3.73. The fourth-order valence-electron chi connectivity index (χ4n) is 1.51. The number of benzene rings is 1. The van der Waals surface area contributed by atoms with Crippen LogP contribution in [-0.2, 0) is 6.18 Å². The highest BCUT2D eigenvalue weighted by Gasteiger charge is 2.30. The molecule has 0 heterocycles. The first-order valence-corrected chi connectivity index (χ1v) is 5.66. The lowest BCUT2D eigenvalue weighted by atomic mass is 9.99. The second kappa shape index (κ2) is 5.54. The minimum absolute atomic E-state index is 0.170. The Morgan fingerprint density at radius 3 is 2.47 bits per heavy atom. The summed E-state index contributed by atoms with van der Waals surface area (Å²) < 4.78 is 37.2. The maximum absolute atomic E-state index is 12.4. The summed E-state index contributed by atoms with van der Waals surface area (Å²) >= 11 is 5.46. The number of rotatable bonds is 4. The number of carbonyl (C=O) groups is 1. The molecule has 1 aromatic carbocycles. The Bertz CT molecular complexity index is 413. The van der Waals surface area contributed by atoms with E-state index >= 15 is 0 Å². The van der Waals surface area contributed by atoms with Crippen LogP contribution in [0.25, 0.3) is 0 Å². The molecule has 0 fully saturated rings. The molecule has 0 aliphatic rings. The molecule has 17 heavy (non-hydrogen) atoms. The van der Waals surface area contributed by atoms with E-state index in [1.807, 2.05) is 0 Å². The highest BCUT2D eigenvalue weighted by molar-refractivity contribution is 6.18. The second-order valence-electron chi connectivity index (χ2n) is 3.74. The Kier molecular flexibility index (Phi) is 4.57. The predicted octanol–water partition coefficient (Wildman–Crippen LogP) is 4.22. The smallest absolute Gasteiger partial charge is 0.294 e. The SMILES string of the molecule is Cc1cc(C(F)(F)F)ccc1C(=O)CCCCl. The number of ketones is 1. The van der Waals surface area contributed by atoms with Crippen LogP contribution in [0.4, 0.5) is 13.2 Å². The summed E-state index contributed by atoms with van der Waals surface area (Å²) in [5.74, 6) is 0.197. The molecule has 0 aromatic heterocycles. The number of halogens is 4. The van der Waals surface area contributed by atoms with Crippen molar-refractivity contribution in [3.05, 3.63) is 34.9 Å². The molecule has 5 heteroatoms. The molecule has 0 spiro atoms. The molecule has 1 aromatic rings. The largest absolute Gasteiger partial charge is 0.416 e. The summed E-state index contributed by atoms with van der Waals surface area (Å²) in [6.45, 7) is 1.50. The quantitative estimate of drug-likeness (QED) is 0.588. The number of carbonyl (C=O) groups excluding carboxylic acids is 1. The number of alkyl halides is 4. The Balaban J connectivity index is 2.94. The lowest BCUT2D eigenvalue weighted by Gasteiger charge is -2.10. The topological polar surface area (TPSA) is 17.1 Å². The summed E-state index contributed by atoms with van der Waals surface area (Å²) in [5.41, 5.74) is -0.0496. The van der Waals surface area contributed by atoms with Crippen LogP contribution in [0.1, 0.15) is 34.3 Å². The molecule has 0 atom stereocenters. The van der Waals surface area contributed by atoms with Gasteiger partial charge in [-0.25, -0.2) is 0 Å². The first kappa shape index (κ1) is 14.0. The molecule has 0 saturated heterocycles. The molecule has 0 unspecified atom stereocenters. The summed E-state index contributed by atoms with van der Waals surface area (Å²) in [7, 11) is 0. The monoisotopic (exact) mass is 264 g/mol. The van der Waals surface area contributed by atoms with E-state index in [1.165, 1.54) is 13.0 Å². The van der Waals surface area contributed by atoms with E-state index < -0.39 is 11.7 Å². The van der Waals surface area contributed by atoms with Gasteiger partial charge in [0.25, 0.3) is 0 Å². The average molecular weight is 265 g/mol. The minimum atomic E-state index is -4.37. The van der Waals surface area contributed by atoms with Crippen molar-refractivity contribution in [3.8, 4) is 0 Å². The minimum Gasteiger partial charge on any atom is -0.294 e. The zero-order valence-electron chi connectivity index (χ0n) is 9.27. The van der Waals surface area contributed by atoms with Crippen LogP contribution in [0, 0.1) is 6.92 Å². The van der Waals surface area contributed by atoms with E-state index in [0.29, 0.717) is 23.4 Å². The number of aryl methyl sites for hydroxylation is 1. The number of hydrogen-bond donors (Lipinski definition) is 0. The molecule has 0 amide bonds. The van der Waals surface area contributed by atoms with Gasteiger partial charge in [-0.05, 0) is 31.0 Å². The molecule has 0 saturated carbocycles. The molecular weight excluding hydrogens is 253 g/mol. The van der Waals surface area contributed by atoms with Crippen molar-refractivity contribution in [2.75, 3.05) is 5.88 Å². The van der Waals surface area contributed by atoms with Gasteiger partial charge in [-0.1, -0.05) is 6.07 Å². The fraction of sp³-hybridized carbons (Fsp3) is 0.417. The Labute approximate surface area is 103 Å². The zero-order valence-corrected chi connectivity index (χ0v) is 10.0. The van der Waals surface area contributed by atoms with Crippen molar-refractivity contribution in [1.29, 1.82) is 0 Å². The van der Waals surface area contributed by atoms with E-state index in [9.17, 15) is 18.0 Å². The average Bonchev–Trinajstić information content (AvgIpc) is 2.24. The van der Waals surface area contributed by atoms with Crippen LogP contribution in [0.5, 0.6) is 0 Å². The van der Waals surface area contributed by atoms with Gasteiger partial charge in [-0.3, -0.25) is 4.79 Å². The summed E-state index contributed by atoms with van der Waals surface area (Å²) in [4.78, 5) is 11.6. The molecule has 0 aliphatic carbocycles. The first-order valence-electron chi connectivity index (χ1n) is 5.13. The van der Waals surface area contributed by atoms with E-state index in [-0.39, 0.29) is 12.2 Å². The highest BCUT2D eigenvalue weighted by atomic mass is 35.5. The lowest BCUT2D eigenvalue weighted by Crippen LogP contribution is -2.08. The maximum atomic E-state index is 12.4. The predicted molar refractivity (Wildman–Crippen MR) is 60.5 cm³/mol. The zero-order chi connectivity index (χ0) is 13.1. The van der Waals surface area contributed by atoms with Gasteiger partial charge in [0.1, 0.15) is 0 Å². The van der Waals surface area contributed by atoms with Gasteiger partial charge < -0.3 is 0 Å². The Hall–Kier alpha value is -1.03. The molecule has 0 bridgehead atoms. The third-order valence-corrected chi connectivity index (χ3v) is 2.66. The van der Waals surface area contributed by atoms with Crippen molar-refractivity contribution in [1.82, 2.24) is 0 Å². The van der Waals surface area contributed by atoms with Gasteiger partial charge >= 0.3 is 6.18 Å². The third-order valence-electron chi connectivity index (χ3n) is 2.39. The van der Waals surface area contributed by atoms with Crippen LogP contribution in [-0.4, -0.2) is 11.7 Å². The molecule has 94 valence electrons. The highest BCUT2D eigenvalue weighted by Crippen LogP contribution is 2.30. The van der Waals surface area contributed by atoms with Crippen molar-refractivity contribution in [2.24, 2.45) is 0 Å². The van der Waals surface area contributed by atoms with Crippen LogP contribution < -0.4 is 0 Å². The standard InChI is InChI=1S/C12H12ClF3O/c1-8-7-9(12(14,15)16)4-5-10(8)11(17)3-2-6-13/h4-5,7H,2-3,6H2,1H3. The number of hydrogen-bond acceptors (Lipinski definition) is 1. The Morgan fingerprint density at radius 2 is 2.00 bits per heavy atom. The van der Waals surface area contributed by atoms with Crippen molar-refractivity contribution < 1.29 is 18.0 Å². The normalized spacial score (nSPS) is 11.6. The molecule has 1 rings (SSSR count). The van der Waals surface area contributed by atoms with Crippen LogP contribution in [0.15, 0.2) is 18.2 Å². The van der Waals surface area contributed by atoms with Crippen molar-refractivity contribution in [2.45, 2.75) is 25.9 Å². The maximum Gasteiger partial charge on any atom is 0.416 e. The van der Waals surface area contributed by atoms with Crippen LogP contribution in [0.3, 0.4) is 0 Å². The van der Waals surface area contributed by atoms with Gasteiger partial charge in [0.15, 0.2) is 5.78 Å². The Morgan fingerprint density at radius 1 is 1.35 bits per heavy atom. The molecule has 1 nitrogen and oxygen atoms in total. The van der Waals surface area contributed by atoms with Gasteiger partial charge in [0.05, 0.1) is 5.56 Å². The first-order chi connectivity index (χ1) is 7.86. The van der Waals surface area contributed by atoms with E-state index in [0.717, 1.165) is 12.1 Å². The van der Waals surface area contributed by atoms with E-state index in [2.05, 4.69) is 0 Å². The van der Waals surface area contributed by atoms with Crippen molar-refractivity contribution >= 4 is 17.4 Å².